The van der Waals surface area contributed by atoms with Crippen LogP contribution in [0.4, 0.5) is 5.00 Å². The van der Waals surface area contributed by atoms with Gasteiger partial charge in [-0.25, -0.2) is 0 Å². The molecule has 0 bridgehead atoms. The van der Waals surface area contributed by atoms with Crippen molar-refractivity contribution < 1.29 is 14.7 Å². The highest BCUT2D eigenvalue weighted by molar-refractivity contribution is 7.16. The second-order valence-corrected chi connectivity index (χ2v) is 8.49. The Hall–Kier alpha value is -2.13. The smallest absolute Gasteiger partial charge is 0.307 e. The summed E-state index contributed by atoms with van der Waals surface area (Å²) in [5.74, 6) is -2.51. The summed E-state index contributed by atoms with van der Waals surface area (Å²) in [5.41, 5.74) is 3.80. The molecule has 0 radical (unpaired) electrons. The average molecular weight is 372 g/mol. The summed E-state index contributed by atoms with van der Waals surface area (Å²) in [7, 11) is 0. The Labute approximate surface area is 157 Å². The van der Waals surface area contributed by atoms with Gasteiger partial charge in [0.15, 0.2) is 0 Å². The summed E-state index contributed by atoms with van der Waals surface area (Å²) in [6, 6.07) is 2.26. The molecule has 1 aromatic rings. The number of nitriles is 1. The van der Waals surface area contributed by atoms with E-state index < -0.39 is 17.8 Å². The summed E-state index contributed by atoms with van der Waals surface area (Å²) in [6.45, 7) is 3.89. The molecule has 1 amide bonds. The minimum Gasteiger partial charge on any atom is -0.481 e. The van der Waals surface area contributed by atoms with Gasteiger partial charge in [-0.15, -0.1) is 11.3 Å². The Morgan fingerprint density at radius 1 is 1.12 bits per heavy atom. The second kappa shape index (κ2) is 7.63. The van der Waals surface area contributed by atoms with Crippen LogP contribution in [0.2, 0.25) is 0 Å². The van der Waals surface area contributed by atoms with E-state index in [4.69, 9.17) is 0 Å². The van der Waals surface area contributed by atoms with Gasteiger partial charge >= 0.3 is 5.97 Å². The van der Waals surface area contributed by atoms with E-state index in [2.05, 4.69) is 11.4 Å². The predicted octanol–water partition coefficient (Wildman–Crippen LogP) is 4.27. The maximum atomic E-state index is 12.9. The largest absolute Gasteiger partial charge is 0.481 e. The lowest BCUT2D eigenvalue weighted by atomic mass is 9.76. The Balaban J connectivity index is 1.86. The average Bonchev–Trinajstić information content (AvgIpc) is 2.76. The molecule has 3 rings (SSSR count). The molecule has 0 aromatic carbocycles. The number of aliphatic carboxylic acids is 1. The molecule has 2 aliphatic rings. The van der Waals surface area contributed by atoms with Crippen LogP contribution >= 0.6 is 11.3 Å². The summed E-state index contributed by atoms with van der Waals surface area (Å²) in [6.07, 6.45) is 6.05. The van der Waals surface area contributed by atoms with Gasteiger partial charge in [0.1, 0.15) is 11.1 Å². The Morgan fingerprint density at radius 2 is 1.77 bits per heavy atom. The van der Waals surface area contributed by atoms with Crippen LogP contribution in [0.15, 0.2) is 11.1 Å². The van der Waals surface area contributed by atoms with Crippen LogP contribution < -0.4 is 5.32 Å². The van der Waals surface area contributed by atoms with Crippen molar-refractivity contribution in [3.05, 3.63) is 27.2 Å². The van der Waals surface area contributed by atoms with E-state index in [1.165, 1.54) is 22.6 Å². The molecule has 0 fully saturated rings. The van der Waals surface area contributed by atoms with E-state index in [0.29, 0.717) is 23.4 Å². The van der Waals surface area contributed by atoms with Gasteiger partial charge in [0.05, 0.1) is 17.4 Å². The fourth-order valence-corrected chi connectivity index (χ4v) is 5.22. The lowest BCUT2D eigenvalue weighted by Gasteiger charge is -2.29. The second-order valence-electron chi connectivity index (χ2n) is 7.39. The zero-order valence-corrected chi connectivity index (χ0v) is 16.0. The van der Waals surface area contributed by atoms with Crippen LogP contribution in [0.25, 0.3) is 0 Å². The number of carboxylic acid groups (broad SMARTS) is 1. The molecule has 2 N–H and O–H groups in total. The van der Waals surface area contributed by atoms with Crippen molar-refractivity contribution >= 4 is 28.2 Å². The maximum Gasteiger partial charge on any atom is 0.307 e. The SMILES string of the molecule is CC1=C(C)C[C@@H](C(=O)O)[C@@H](C(=O)Nc2sc3c(c2C#N)CCCCC3)C1. The molecule has 1 heterocycles. The summed E-state index contributed by atoms with van der Waals surface area (Å²) in [4.78, 5) is 25.7. The number of carboxylic acids is 1. The quantitative estimate of drug-likeness (QED) is 0.612. The lowest BCUT2D eigenvalue weighted by Crippen LogP contribution is -2.36. The first-order chi connectivity index (χ1) is 12.4. The zero-order chi connectivity index (χ0) is 18.8. The molecule has 0 saturated carbocycles. The van der Waals surface area contributed by atoms with E-state index in [9.17, 15) is 20.0 Å². The van der Waals surface area contributed by atoms with Crippen molar-refractivity contribution in [1.82, 2.24) is 0 Å². The van der Waals surface area contributed by atoms with Gasteiger partial charge in [-0.05, 0) is 57.9 Å². The molecule has 5 nitrogen and oxygen atoms in total. The molecule has 26 heavy (non-hydrogen) atoms. The number of nitrogens with zero attached hydrogens (tertiary/aromatic N) is 1. The number of allylic oxidation sites excluding steroid dienone is 2. The minimum atomic E-state index is -0.931. The highest BCUT2D eigenvalue weighted by Crippen LogP contribution is 2.39. The van der Waals surface area contributed by atoms with Crippen molar-refractivity contribution in [2.75, 3.05) is 5.32 Å². The van der Waals surface area contributed by atoms with Crippen molar-refractivity contribution in [3.8, 4) is 6.07 Å². The summed E-state index contributed by atoms with van der Waals surface area (Å²) in [5, 5.41) is 22.6. The number of hydrogen-bond donors (Lipinski definition) is 2. The monoisotopic (exact) mass is 372 g/mol. The lowest BCUT2D eigenvalue weighted by molar-refractivity contribution is -0.146. The van der Waals surface area contributed by atoms with Gasteiger partial charge in [0.25, 0.3) is 0 Å². The molecule has 6 heteroatoms. The van der Waals surface area contributed by atoms with Gasteiger partial charge in [-0.1, -0.05) is 17.6 Å². The Kier molecular flexibility index (Phi) is 5.47. The number of thiophene rings is 1. The minimum absolute atomic E-state index is 0.280. The molecule has 138 valence electrons. The number of aryl methyl sites for hydroxylation is 1. The number of fused-ring (bicyclic) bond motifs is 1. The molecule has 2 aliphatic carbocycles. The first-order valence-electron chi connectivity index (χ1n) is 9.16. The van der Waals surface area contributed by atoms with Crippen LogP contribution in [0, 0.1) is 23.2 Å². The number of anilines is 1. The van der Waals surface area contributed by atoms with Gasteiger partial charge < -0.3 is 10.4 Å². The van der Waals surface area contributed by atoms with E-state index in [1.54, 1.807) is 0 Å². The van der Waals surface area contributed by atoms with E-state index in [-0.39, 0.29) is 5.91 Å². The van der Waals surface area contributed by atoms with Crippen molar-refractivity contribution in [3.63, 3.8) is 0 Å². The van der Waals surface area contributed by atoms with Crippen molar-refractivity contribution in [2.45, 2.75) is 58.8 Å². The predicted molar refractivity (Wildman–Crippen MR) is 101 cm³/mol. The summed E-state index contributed by atoms with van der Waals surface area (Å²) < 4.78 is 0. The molecule has 0 unspecified atom stereocenters. The number of amides is 1. The molecular formula is C20H24N2O3S. The van der Waals surface area contributed by atoms with Crippen LogP contribution in [-0.2, 0) is 22.4 Å². The van der Waals surface area contributed by atoms with Gasteiger partial charge in [-0.2, -0.15) is 5.26 Å². The first kappa shape index (κ1) is 18.7. The van der Waals surface area contributed by atoms with Crippen LogP contribution in [0.5, 0.6) is 0 Å². The third-order valence-electron chi connectivity index (χ3n) is 5.69. The molecule has 1 aromatic heterocycles. The maximum absolute atomic E-state index is 12.9. The Morgan fingerprint density at radius 3 is 2.42 bits per heavy atom. The van der Waals surface area contributed by atoms with Crippen molar-refractivity contribution in [1.29, 1.82) is 5.26 Å². The van der Waals surface area contributed by atoms with Crippen molar-refractivity contribution in [2.24, 2.45) is 11.8 Å². The third kappa shape index (κ3) is 3.54. The van der Waals surface area contributed by atoms with Gasteiger partial charge in [0, 0.05) is 4.88 Å². The van der Waals surface area contributed by atoms with E-state index in [1.807, 2.05) is 13.8 Å². The number of carbonyl (C=O) groups is 2. The van der Waals surface area contributed by atoms with Crippen LogP contribution in [0.3, 0.4) is 0 Å². The number of hydrogen-bond acceptors (Lipinski definition) is 4. The highest BCUT2D eigenvalue weighted by atomic mass is 32.1. The Bertz CT molecular complexity index is 816. The molecule has 0 spiro atoms. The number of carbonyl (C=O) groups excluding carboxylic acids is 1. The van der Waals surface area contributed by atoms with Gasteiger partial charge in [-0.3, -0.25) is 9.59 Å². The third-order valence-corrected chi connectivity index (χ3v) is 6.90. The first-order valence-corrected chi connectivity index (χ1v) is 9.97. The number of nitrogens with one attached hydrogen (secondary N) is 1. The number of rotatable bonds is 3. The summed E-state index contributed by atoms with van der Waals surface area (Å²) >= 11 is 1.49. The standard InChI is InChI=1S/C20H24N2O3S/c1-11-8-14(15(20(24)25)9-12(11)2)18(23)22-19-16(10-21)13-6-4-3-5-7-17(13)26-19/h14-15H,3-9H2,1-2H3,(H,22,23)(H,24,25)/t14-,15+/m0/s1. The zero-order valence-electron chi connectivity index (χ0n) is 15.2. The van der Waals surface area contributed by atoms with Crippen LogP contribution in [0.1, 0.15) is 62.0 Å². The molecular weight excluding hydrogens is 348 g/mol. The van der Waals surface area contributed by atoms with E-state index in [0.717, 1.165) is 42.4 Å². The van der Waals surface area contributed by atoms with Crippen LogP contribution in [-0.4, -0.2) is 17.0 Å². The molecule has 2 atom stereocenters. The fraction of sp³-hybridized carbons (Fsp3) is 0.550. The van der Waals surface area contributed by atoms with Gasteiger partial charge in [0.2, 0.25) is 5.91 Å². The normalized spacial score (nSPS) is 23.0. The fourth-order valence-electron chi connectivity index (χ4n) is 3.98. The molecule has 0 saturated heterocycles. The van der Waals surface area contributed by atoms with E-state index >= 15 is 0 Å². The molecule has 0 aliphatic heterocycles. The highest BCUT2D eigenvalue weighted by Gasteiger charge is 2.37. The topological polar surface area (TPSA) is 90.2 Å².